The third-order valence-corrected chi connectivity index (χ3v) is 4.01. The molecule has 4 nitrogen and oxygen atoms in total. The van der Waals surface area contributed by atoms with Gasteiger partial charge in [-0.3, -0.25) is 4.79 Å². The van der Waals surface area contributed by atoms with Crippen LogP contribution in [0, 0.1) is 0 Å². The number of carbonyl (C=O) groups is 1. The Kier molecular flexibility index (Phi) is 8.84. The summed E-state index contributed by atoms with van der Waals surface area (Å²) in [6, 6.07) is 1.74. The molecule has 112 valence electrons. The fourth-order valence-electron chi connectivity index (χ4n) is 2.97. The molecular formula is C15H29NO3. The van der Waals surface area contributed by atoms with E-state index in [4.69, 9.17) is 10.2 Å². The number of rotatable bonds is 4. The number of hydrogen-bond donors (Lipinski definition) is 3. The summed E-state index contributed by atoms with van der Waals surface area (Å²) in [6.07, 6.45) is 14.4. The minimum absolute atomic E-state index is 0.153. The first-order valence-electron chi connectivity index (χ1n) is 7.81. The lowest BCUT2D eigenvalue weighted by Crippen LogP contribution is -2.40. The molecule has 2 aliphatic rings. The molecule has 0 saturated heterocycles. The van der Waals surface area contributed by atoms with Crippen LogP contribution in [0.2, 0.25) is 0 Å². The van der Waals surface area contributed by atoms with Gasteiger partial charge in [-0.15, -0.1) is 0 Å². The molecule has 0 amide bonds. The van der Waals surface area contributed by atoms with Gasteiger partial charge in [0.25, 0.3) is 0 Å². The fourth-order valence-corrected chi connectivity index (χ4v) is 2.97. The van der Waals surface area contributed by atoms with Crippen LogP contribution in [-0.2, 0) is 4.79 Å². The van der Waals surface area contributed by atoms with E-state index in [0.29, 0.717) is 0 Å². The van der Waals surface area contributed by atoms with Crippen molar-refractivity contribution in [1.29, 1.82) is 0 Å². The maximum Gasteiger partial charge on any atom is 0.305 e. The van der Waals surface area contributed by atoms with Crippen molar-refractivity contribution in [2.75, 3.05) is 6.61 Å². The van der Waals surface area contributed by atoms with Crippen molar-refractivity contribution in [1.82, 2.24) is 5.32 Å². The molecule has 3 N–H and O–H groups in total. The molecule has 0 aromatic carbocycles. The highest BCUT2D eigenvalue weighted by Gasteiger charge is 2.19. The van der Waals surface area contributed by atoms with Crippen molar-refractivity contribution in [2.24, 2.45) is 0 Å². The Morgan fingerprint density at radius 1 is 0.895 bits per heavy atom. The van der Waals surface area contributed by atoms with Crippen LogP contribution in [0.4, 0.5) is 0 Å². The Morgan fingerprint density at radius 2 is 1.32 bits per heavy atom. The standard InChI is InChI=1S/C12H23N.C3H6O3/c1-3-7-11(8-4-1)13-12-9-5-2-6-10-12;4-2-1-3(5)6/h11-13H,1-10H2;4H,1-2H2,(H,5,6). The number of hydrogen-bond acceptors (Lipinski definition) is 3. The van der Waals surface area contributed by atoms with E-state index in [2.05, 4.69) is 5.32 Å². The van der Waals surface area contributed by atoms with Crippen LogP contribution < -0.4 is 5.32 Å². The van der Waals surface area contributed by atoms with Gasteiger partial charge in [-0.2, -0.15) is 0 Å². The molecule has 0 heterocycles. The van der Waals surface area contributed by atoms with Crippen LogP contribution in [-0.4, -0.2) is 34.9 Å². The summed E-state index contributed by atoms with van der Waals surface area (Å²) < 4.78 is 0. The van der Waals surface area contributed by atoms with Gasteiger partial charge in [0.15, 0.2) is 0 Å². The van der Waals surface area contributed by atoms with Crippen LogP contribution >= 0.6 is 0 Å². The summed E-state index contributed by atoms with van der Waals surface area (Å²) in [7, 11) is 0. The van der Waals surface area contributed by atoms with Crippen LogP contribution in [0.1, 0.15) is 70.6 Å². The molecule has 2 saturated carbocycles. The molecule has 0 unspecified atom stereocenters. The van der Waals surface area contributed by atoms with E-state index < -0.39 is 5.97 Å². The number of aliphatic hydroxyl groups is 1. The minimum Gasteiger partial charge on any atom is -0.481 e. The van der Waals surface area contributed by atoms with Gasteiger partial charge in [-0.25, -0.2) is 0 Å². The van der Waals surface area contributed by atoms with Crippen molar-refractivity contribution >= 4 is 5.97 Å². The number of aliphatic carboxylic acids is 1. The summed E-state index contributed by atoms with van der Waals surface area (Å²) in [5.74, 6) is -0.961. The van der Waals surface area contributed by atoms with E-state index in [1.165, 1.54) is 64.2 Å². The lowest BCUT2D eigenvalue weighted by atomic mass is 9.91. The Morgan fingerprint density at radius 3 is 1.58 bits per heavy atom. The molecule has 2 aliphatic carbocycles. The first kappa shape index (κ1) is 16.4. The van der Waals surface area contributed by atoms with Crippen LogP contribution in [0.5, 0.6) is 0 Å². The zero-order valence-electron chi connectivity index (χ0n) is 11.9. The first-order valence-corrected chi connectivity index (χ1v) is 7.81. The third kappa shape index (κ3) is 8.22. The largest absolute Gasteiger partial charge is 0.481 e. The second-order valence-corrected chi connectivity index (χ2v) is 5.70. The molecule has 0 radical (unpaired) electrons. The molecular weight excluding hydrogens is 242 g/mol. The van der Waals surface area contributed by atoms with Crippen molar-refractivity contribution in [3.05, 3.63) is 0 Å². The molecule has 0 spiro atoms. The second-order valence-electron chi connectivity index (χ2n) is 5.70. The maximum atomic E-state index is 9.44. The monoisotopic (exact) mass is 271 g/mol. The summed E-state index contributed by atoms with van der Waals surface area (Å²) in [6.45, 7) is -0.269. The number of carboxylic acids is 1. The summed E-state index contributed by atoms with van der Waals surface area (Å²) in [5, 5.41) is 19.5. The van der Waals surface area contributed by atoms with Crippen LogP contribution in [0.25, 0.3) is 0 Å². The normalized spacial score (nSPS) is 21.5. The van der Waals surface area contributed by atoms with Gasteiger partial charge >= 0.3 is 5.97 Å². The Bertz CT molecular complexity index is 218. The minimum atomic E-state index is -0.961. The summed E-state index contributed by atoms with van der Waals surface area (Å²) in [4.78, 5) is 9.44. The van der Waals surface area contributed by atoms with Gasteiger partial charge in [0, 0.05) is 12.1 Å². The zero-order chi connectivity index (χ0) is 13.9. The first-order chi connectivity index (χ1) is 9.22. The number of nitrogens with one attached hydrogen (secondary N) is 1. The molecule has 0 aromatic heterocycles. The van der Waals surface area contributed by atoms with Crippen molar-refractivity contribution in [3.8, 4) is 0 Å². The van der Waals surface area contributed by atoms with Gasteiger partial charge in [0.05, 0.1) is 13.0 Å². The highest BCUT2D eigenvalue weighted by atomic mass is 16.4. The topological polar surface area (TPSA) is 69.6 Å². The maximum absolute atomic E-state index is 9.44. The average molecular weight is 271 g/mol. The molecule has 0 atom stereocenters. The quantitative estimate of drug-likeness (QED) is 0.735. The van der Waals surface area contributed by atoms with Crippen LogP contribution in [0.3, 0.4) is 0 Å². The predicted octanol–water partition coefficient (Wildman–Crippen LogP) is 2.69. The highest BCUT2D eigenvalue weighted by molar-refractivity contribution is 5.66. The lowest BCUT2D eigenvalue weighted by molar-refractivity contribution is -0.137. The van der Waals surface area contributed by atoms with Gasteiger partial charge in [-0.1, -0.05) is 38.5 Å². The fraction of sp³-hybridized carbons (Fsp3) is 0.933. The molecule has 19 heavy (non-hydrogen) atoms. The zero-order valence-corrected chi connectivity index (χ0v) is 11.9. The van der Waals surface area contributed by atoms with Gasteiger partial charge < -0.3 is 15.5 Å². The second kappa shape index (κ2) is 10.2. The van der Waals surface area contributed by atoms with E-state index in [1.54, 1.807) is 0 Å². The number of carboxylic acid groups (broad SMARTS) is 1. The van der Waals surface area contributed by atoms with Crippen molar-refractivity contribution in [2.45, 2.75) is 82.7 Å². The van der Waals surface area contributed by atoms with Gasteiger partial charge in [0.2, 0.25) is 0 Å². The number of aliphatic hydroxyl groups excluding tert-OH is 1. The Hall–Kier alpha value is -0.610. The Labute approximate surface area is 116 Å². The molecule has 0 aromatic rings. The molecule has 0 aliphatic heterocycles. The van der Waals surface area contributed by atoms with Gasteiger partial charge in [-0.05, 0) is 25.7 Å². The third-order valence-electron chi connectivity index (χ3n) is 4.01. The Balaban J connectivity index is 0.000000258. The van der Waals surface area contributed by atoms with Gasteiger partial charge in [0.1, 0.15) is 0 Å². The average Bonchev–Trinajstić information content (AvgIpc) is 2.41. The van der Waals surface area contributed by atoms with E-state index in [0.717, 1.165) is 12.1 Å². The highest BCUT2D eigenvalue weighted by Crippen LogP contribution is 2.22. The summed E-state index contributed by atoms with van der Waals surface area (Å²) >= 11 is 0. The smallest absolute Gasteiger partial charge is 0.305 e. The summed E-state index contributed by atoms with van der Waals surface area (Å²) in [5.41, 5.74) is 0. The molecule has 2 rings (SSSR count). The van der Waals surface area contributed by atoms with E-state index >= 15 is 0 Å². The van der Waals surface area contributed by atoms with E-state index in [-0.39, 0.29) is 13.0 Å². The van der Waals surface area contributed by atoms with Crippen LogP contribution in [0.15, 0.2) is 0 Å². The lowest BCUT2D eigenvalue weighted by Gasteiger charge is -2.30. The van der Waals surface area contributed by atoms with Crippen molar-refractivity contribution in [3.63, 3.8) is 0 Å². The van der Waals surface area contributed by atoms with E-state index in [1.807, 2.05) is 0 Å². The molecule has 0 bridgehead atoms. The van der Waals surface area contributed by atoms with Crippen molar-refractivity contribution < 1.29 is 15.0 Å². The predicted molar refractivity (Wildman–Crippen MR) is 76.2 cm³/mol. The SMILES string of the molecule is C1CCC(NC2CCCCC2)CC1.O=C(O)CCO. The molecule has 4 heteroatoms. The molecule has 2 fully saturated rings. The van der Waals surface area contributed by atoms with E-state index in [9.17, 15) is 4.79 Å².